The molecule has 6 nitrogen and oxygen atoms in total. The fourth-order valence-corrected chi connectivity index (χ4v) is 4.61. The van der Waals surface area contributed by atoms with Gasteiger partial charge < -0.3 is 10.3 Å². The van der Waals surface area contributed by atoms with Gasteiger partial charge in [0.05, 0.1) is 0 Å². The molecule has 2 N–H and O–H groups in total. The van der Waals surface area contributed by atoms with Crippen LogP contribution in [0, 0.1) is 5.41 Å². The zero-order valence-corrected chi connectivity index (χ0v) is 18.4. The van der Waals surface area contributed by atoms with Gasteiger partial charge in [-0.2, -0.15) is 0 Å². The Morgan fingerprint density at radius 3 is 2.42 bits per heavy atom. The summed E-state index contributed by atoms with van der Waals surface area (Å²) < 4.78 is 0. The Morgan fingerprint density at radius 2 is 1.71 bits per heavy atom. The first kappa shape index (κ1) is 21.5. The summed E-state index contributed by atoms with van der Waals surface area (Å²) in [4.78, 5) is 42.8. The summed E-state index contributed by atoms with van der Waals surface area (Å²) in [5.74, 6) is -0.486. The summed E-state index contributed by atoms with van der Waals surface area (Å²) in [5.41, 5.74) is 2.70. The van der Waals surface area contributed by atoms with Crippen LogP contribution in [0.3, 0.4) is 0 Å². The van der Waals surface area contributed by atoms with Gasteiger partial charge in [0.2, 0.25) is 0 Å². The highest BCUT2D eigenvalue weighted by molar-refractivity contribution is 6.02. The molecule has 2 aliphatic rings. The first-order valence-corrected chi connectivity index (χ1v) is 11.2. The molecular formula is C25H31N3O3. The maximum Gasteiger partial charge on any atom is 0.261 e. The van der Waals surface area contributed by atoms with Crippen molar-refractivity contribution in [3.8, 4) is 0 Å². The highest BCUT2D eigenvalue weighted by atomic mass is 16.2. The van der Waals surface area contributed by atoms with Crippen molar-refractivity contribution in [2.75, 3.05) is 13.1 Å². The van der Waals surface area contributed by atoms with E-state index in [1.807, 2.05) is 26.0 Å². The van der Waals surface area contributed by atoms with E-state index >= 15 is 0 Å². The number of benzene rings is 1. The van der Waals surface area contributed by atoms with Crippen LogP contribution in [0.5, 0.6) is 0 Å². The average Bonchev–Trinajstić information content (AvgIpc) is 2.72. The Labute approximate surface area is 183 Å². The number of nitrogens with zero attached hydrogens (tertiary/aromatic N) is 1. The first-order chi connectivity index (χ1) is 14.8. The van der Waals surface area contributed by atoms with Crippen LogP contribution in [0.4, 0.5) is 0 Å². The monoisotopic (exact) mass is 421 g/mol. The van der Waals surface area contributed by atoms with Gasteiger partial charge in [0.25, 0.3) is 11.5 Å². The number of nitrogens with one attached hydrogen (secondary N) is 2. The van der Waals surface area contributed by atoms with Gasteiger partial charge in [-0.05, 0) is 55.0 Å². The number of amides is 1. The van der Waals surface area contributed by atoms with Gasteiger partial charge in [-0.3, -0.25) is 19.3 Å². The number of likely N-dealkylation sites (tertiary alicyclic amines) is 1. The zero-order chi connectivity index (χ0) is 22.0. The minimum absolute atomic E-state index is 0.00600. The maximum absolute atomic E-state index is 12.6. The maximum atomic E-state index is 12.6. The Hall–Kier alpha value is -2.73. The summed E-state index contributed by atoms with van der Waals surface area (Å²) in [7, 11) is 0. The minimum atomic E-state index is -0.459. The van der Waals surface area contributed by atoms with Gasteiger partial charge in [-0.1, -0.05) is 44.5 Å². The molecule has 31 heavy (non-hydrogen) atoms. The molecule has 1 aliphatic carbocycles. The largest absolute Gasteiger partial charge is 0.348 e. The molecule has 0 spiro atoms. The molecule has 1 fully saturated rings. The number of carbonyl (C=O) groups excluding carboxylic acids is 2. The molecule has 6 heteroatoms. The predicted molar refractivity (Wildman–Crippen MR) is 120 cm³/mol. The molecule has 2 heterocycles. The zero-order valence-electron chi connectivity index (χ0n) is 18.4. The smallest absolute Gasteiger partial charge is 0.261 e. The van der Waals surface area contributed by atoms with E-state index in [-0.39, 0.29) is 16.8 Å². The van der Waals surface area contributed by atoms with E-state index in [9.17, 15) is 14.4 Å². The van der Waals surface area contributed by atoms with Crippen molar-refractivity contribution in [1.82, 2.24) is 15.2 Å². The average molecular weight is 422 g/mol. The number of hydrogen-bond donors (Lipinski definition) is 2. The first-order valence-electron chi connectivity index (χ1n) is 11.2. The van der Waals surface area contributed by atoms with Gasteiger partial charge >= 0.3 is 0 Å². The van der Waals surface area contributed by atoms with Gasteiger partial charge in [0.1, 0.15) is 5.56 Å². The summed E-state index contributed by atoms with van der Waals surface area (Å²) in [5, 5.41) is 2.81. The number of hydrogen-bond acceptors (Lipinski definition) is 4. The van der Waals surface area contributed by atoms with Crippen LogP contribution >= 0.6 is 0 Å². The highest BCUT2D eigenvalue weighted by Gasteiger charge is 2.32. The number of piperidine rings is 1. The Kier molecular flexibility index (Phi) is 6.10. The standard InChI is InChI=1S/C25H31N3O3/c1-25(2)13-21-19(22(29)14-25)12-20(24(31)27-21)23(30)26-15-17-6-8-18(9-7-17)16-28-10-4-3-5-11-28/h6-9,12H,3-5,10-11,13-16H2,1-2H3,(H,26,30)(H,27,31). The van der Waals surface area contributed by atoms with Crippen molar-refractivity contribution in [3.05, 3.63) is 68.6 Å². The molecule has 0 radical (unpaired) electrons. The van der Waals surface area contributed by atoms with E-state index < -0.39 is 11.5 Å². The number of ketones is 1. The molecule has 164 valence electrons. The number of fused-ring (bicyclic) bond motifs is 1. The molecule has 0 atom stereocenters. The quantitative estimate of drug-likeness (QED) is 0.775. The summed E-state index contributed by atoms with van der Waals surface area (Å²) in [6, 6.07) is 9.69. The van der Waals surface area contributed by atoms with Crippen LogP contribution in [0.1, 0.15) is 77.1 Å². The van der Waals surface area contributed by atoms with Crippen LogP contribution in [-0.4, -0.2) is 34.7 Å². The summed E-state index contributed by atoms with van der Waals surface area (Å²) >= 11 is 0. The second-order valence-corrected chi connectivity index (χ2v) is 9.68. The van der Waals surface area contributed by atoms with Crippen molar-refractivity contribution < 1.29 is 9.59 Å². The molecule has 1 amide bonds. The van der Waals surface area contributed by atoms with Gasteiger partial charge in [-0.25, -0.2) is 0 Å². The van der Waals surface area contributed by atoms with E-state index in [2.05, 4.69) is 27.3 Å². The predicted octanol–water partition coefficient (Wildman–Crippen LogP) is 3.45. The fraction of sp³-hybridized carbons (Fsp3) is 0.480. The lowest BCUT2D eigenvalue weighted by atomic mass is 9.75. The molecule has 4 rings (SSSR count). The SMILES string of the molecule is CC1(C)CC(=O)c2cc(C(=O)NCc3ccc(CN4CCCCC4)cc3)c(=O)[nH]c2C1. The lowest BCUT2D eigenvalue weighted by Gasteiger charge is -2.29. The number of carbonyl (C=O) groups is 2. The van der Waals surface area contributed by atoms with Crippen LogP contribution in [0.15, 0.2) is 35.1 Å². The lowest BCUT2D eigenvalue weighted by molar-refractivity contribution is 0.0910. The van der Waals surface area contributed by atoms with Crippen molar-refractivity contribution >= 4 is 11.7 Å². The third-order valence-electron chi connectivity index (χ3n) is 6.29. The Morgan fingerprint density at radius 1 is 1.03 bits per heavy atom. The third kappa shape index (κ3) is 5.13. The second kappa shape index (κ2) is 8.79. The highest BCUT2D eigenvalue weighted by Crippen LogP contribution is 2.33. The van der Waals surface area contributed by atoms with Crippen molar-refractivity contribution in [3.63, 3.8) is 0 Å². The molecule has 1 aliphatic heterocycles. The second-order valence-electron chi connectivity index (χ2n) is 9.68. The van der Waals surface area contributed by atoms with Crippen LogP contribution < -0.4 is 10.9 Å². The Bertz CT molecular complexity index is 1030. The molecule has 1 saturated heterocycles. The van der Waals surface area contributed by atoms with E-state index in [0.717, 1.165) is 25.2 Å². The number of aromatic amines is 1. The van der Waals surface area contributed by atoms with Gasteiger partial charge in [0.15, 0.2) is 5.78 Å². The number of H-pyrrole nitrogens is 1. The van der Waals surface area contributed by atoms with E-state index in [0.29, 0.717) is 30.6 Å². The number of rotatable bonds is 5. The molecule has 0 saturated carbocycles. The molecule has 0 unspecified atom stereocenters. The topological polar surface area (TPSA) is 82.3 Å². The number of aromatic nitrogens is 1. The van der Waals surface area contributed by atoms with Crippen molar-refractivity contribution in [2.24, 2.45) is 5.41 Å². The van der Waals surface area contributed by atoms with Crippen LogP contribution in [0.25, 0.3) is 0 Å². The van der Waals surface area contributed by atoms with Crippen molar-refractivity contribution in [2.45, 2.75) is 59.0 Å². The van der Waals surface area contributed by atoms with Gasteiger partial charge in [-0.15, -0.1) is 0 Å². The van der Waals surface area contributed by atoms with Crippen LogP contribution in [-0.2, 0) is 19.5 Å². The van der Waals surface area contributed by atoms with Crippen LogP contribution in [0.2, 0.25) is 0 Å². The van der Waals surface area contributed by atoms with E-state index in [4.69, 9.17) is 0 Å². The van der Waals surface area contributed by atoms with Gasteiger partial charge in [0, 0.05) is 30.8 Å². The fourth-order valence-electron chi connectivity index (χ4n) is 4.61. The number of Topliss-reactive ketones (excluding diaryl/α,β-unsaturated/α-hetero) is 1. The molecule has 1 aromatic heterocycles. The minimum Gasteiger partial charge on any atom is -0.348 e. The Balaban J connectivity index is 1.39. The molecule has 0 bridgehead atoms. The number of pyridine rings is 1. The normalized spacial score (nSPS) is 18.5. The molecule has 1 aromatic carbocycles. The lowest BCUT2D eigenvalue weighted by Crippen LogP contribution is -2.34. The van der Waals surface area contributed by atoms with Crippen molar-refractivity contribution in [1.29, 1.82) is 0 Å². The van der Waals surface area contributed by atoms with E-state index in [1.54, 1.807) is 0 Å². The van der Waals surface area contributed by atoms with E-state index in [1.165, 1.54) is 30.9 Å². The third-order valence-corrected chi connectivity index (χ3v) is 6.29. The molecular weight excluding hydrogens is 390 g/mol. The molecule has 2 aromatic rings. The summed E-state index contributed by atoms with van der Waals surface area (Å²) in [6.45, 7) is 7.62. The summed E-state index contributed by atoms with van der Waals surface area (Å²) in [6.07, 6.45) is 4.91.